The Kier molecular flexibility index (Phi) is 7.17. The number of hydrogen-bond acceptors (Lipinski definition) is 7. The summed E-state index contributed by atoms with van der Waals surface area (Å²) in [6.07, 6.45) is 3.58. The van der Waals surface area contributed by atoms with E-state index in [1.165, 1.54) is 0 Å². The fourth-order valence-corrected chi connectivity index (χ4v) is 4.82. The summed E-state index contributed by atoms with van der Waals surface area (Å²) in [6, 6.07) is 28.1. The summed E-state index contributed by atoms with van der Waals surface area (Å²) in [6.45, 7) is 1.24. The molecule has 0 atom stereocenters. The number of aliphatic hydroxyl groups is 1. The highest BCUT2D eigenvalue weighted by atomic mass is 32.2. The quantitative estimate of drug-likeness (QED) is 0.243. The van der Waals surface area contributed by atoms with Crippen molar-refractivity contribution in [2.45, 2.75) is 29.5 Å². The molecule has 2 aromatic heterocycles. The molecule has 0 aliphatic rings. The Balaban J connectivity index is 1.37. The van der Waals surface area contributed by atoms with Gasteiger partial charge >= 0.3 is 0 Å². The van der Waals surface area contributed by atoms with Crippen molar-refractivity contribution in [3.05, 3.63) is 114 Å². The number of pyridine rings is 1. The summed E-state index contributed by atoms with van der Waals surface area (Å²) >= 11 is 1.65. The van der Waals surface area contributed by atoms with Gasteiger partial charge in [-0.05, 0) is 53.1 Å². The first kappa shape index (κ1) is 22.8. The molecule has 3 N–H and O–H groups in total. The second kappa shape index (κ2) is 11.0. The zero-order chi connectivity index (χ0) is 23.9. The average Bonchev–Trinajstić information content (AvgIpc) is 2.92. The van der Waals surface area contributed by atoms with Gasteiger partial charge in [0.05, 0.1) is 12.1 Å². The molecule has 0 saturated heterocycles. The van der Waals surface area contributed by atoms with Crippen LogP contribution in [-0.4, -0.2) is 20.1 Å². The van der Waals surface area contributed by atoms with Crippen LogP contribution in [0.25, 0.3) is 10.9 Å². The van der Waals surface area contributed by atoms with Crippen molar-refractivity contribution in [3.63, 3.8) is 0 Å². The maximum absolute atomic E-state index is 9.70. The van der Waals surface area contributed by atoms with E-state index in [4.69, 9.17) is 9.97 Å². The van der Waals surface area contributed by atoms with E-state index in [1.807, 2.05) is 72.8 Å². The zero-order valence-electron chi connectivity index (χ0n) is 19.1. The highest BCUT2D eigenvalue weighted by molar-refractivity contribution is 7.99. The molecule has 0 amide bonds. The minimum Gasteiger partial charge on any atom is -0.392 e. The molecule has 0 aliphatic heterocycles. The maximum Gasteiger partial charge on any atom is 0.225 e. The van der Waals surface area contributed by atoms with E-state index in [0.717, 1.165) is 43.2 Å². The third-order valence-corrected chi connectivity index (χ3v) is 6.82. The predicted molar refractivity (Wildman–Crippen MR) is 141 cm³/mol. The van der Waals surface area contributed by atoms with Crippen LogP contribution in [0.2, 0.25) is 0 Å². The van der Waals surface area contributed by atoms with Crippen LogP contribution in [-0.2, 0) is 19.7 Å². The van der Waals surface area contributed by atoms with Crippen LogP contribution >= 0.6 is 11.8 Å². The molecule has 35 heavy (non-hydrogen) atoms. The van der Waals surface area contributed by atoms with Gasteiger partial charge in [0, 0.05) is 40.7 Å². The van der Waals surface area contributed by atoms with E-state index in [0.29, 0.717) is 19.0 Å². The van der Waals surface area contributed by atoms with Crippen LogP contribution in [0.15, 0.2) is 107 Å². The number of aromatic nitrogens is 3. The number of hydrogen-bond donors (Lipinski definition) is 3. The van der Waals surface area contributed by atoms with Crippen molar-refractivity contribution in [2.75, 3.05) is 10.6 Å². The Morgan fingerprint density at radius 3 is 2.17 bits per heavy atom. The third kappa shape index (κ3) is 5.59. The molecule has 5 rings (SSSR count). The Hall–Kier alpha value is -3.94. The summed E-state index contributed by atoms with van der Waals surface area (Å²) in [4.78, 5) is 15.8. The van der Waals surface area contributed by atoms with Crippen molar-refractivity contribution >= 4 is 34.4 Å². The van der Waals surface area contributed by atoms with Gasteiger partial charge in [0.1, 0.15) is 5.82 Å². The monoisotopic (exact) mass is 479 g/mol. The van der Waals surface area contributed by atoms with Crippen LogP contribution in [0, 0.1) is 0 Å². The first-order chi connectivity index (χ1) is 17.3. The zero-order valence-corrected chi connectivity index (χ0v) is 19.9. The lowest BCUT2D eigenvalue weighted by Crippen LogP contribution is -2.08. The van der Waals surface area contributed by atoms with Crippen LogP contribution < -0.4 is 10.6 Å². The van der Waals surface area contributed by atoms with Crippen LogP contribution in [0.1, 0.15) is 16.7 Å². The Morgan fingerprint density at radius 1 is 0.686 bits per heavy atom. The molecule has 0 bridgehead atoms. The molecule has 0 radical (unpaired) electrons. The second-order valence-corrected chi connectivity index (χ2v) is 9.03. The van der Waals surface area contributed by atoms with E-state index >= 15 is 0 Å². The van der Waals surface area contributed by atoms with Crippen LogP contribution in [0.5, 0.6) is 0 Å². The average molecular weight is 480 g/mol. The number of para-hydroxylation sites is 1. The lowest BCUT2D eigenvalue weighted by Gasteiger charge is -2.14. The number of aliphatic hydroxyl groups excluding tert-OH is 1. The predicted octanol–water partition coefficient (Wildman–Crippen LogP) is 5.89. The maximum atomic E-state index is 9.70. The van der Waals surface area contributed by atoms with Gasteiger partial charge in [0.15, 0.2) is 0 Å². The molecule has 0 spiro atoms. The highest BCUT2D eigenvalue weighted by Crippen LogP contribution is 2.33. The van der Waals surface area contributed by atoms with Gasteiger partial charge < -0.3 is 15.7 Å². The normalized spacial score (nSPS) is 10.9. The fraction of sp³-hybridized carbons (Fsp3) is 0.107. The number of fused-ring (bicyclic) bond motifs is 1. The first-order valence-electron chi connectivity index (χ1n) is 11.4. The van der Waals surface area contributed by atoms with Gasteiger partial charge in [0.2, 0.25) is 5.95 Å². The van der Waals surface area contributed by atoms with Crippen molar-refractivity contribution in [1.29, 1.82) is 0 Å². The molecule has 2 heterocycles. The summed E-state index contributed by atoms with van der Waals surface area (Å²) in [5.41, 5.74) is 4.06. The number of nitrogens with one attached hydrogen (secondary N) is 2. The van der Waals surface area contributed by atoms with E-state index < -0.39 is 0 Å². The molecule has 3 aromatic carbocycles. The summed E-state index contributed by atoms with van der Waals surface area (Å²) in [5, 5.41) is 17.5. The van der Waals surface area contributed by atoms with Crippen molar-refractivity contribution < 1.29 is 5.11 Å². The number of anilines is 2. The number of rotatable bonds is 9. The Bertz CT molecular complexity index is 1430. The smallest absolute Gasteiger partial charge is 0.225 e. The topological polar surface area (TPSA) is 83.0 Å². The van der Waals surface area contributed by atoms with E-state index in [2.05, 4.69) is 27.8 Å². The fourth-order valence-electron chi connectivity index (χ4n) is 3.75. The lowest BCUT2D eigenvalue weighted by molar-refractivity contribution is 0.279. The van der Waals surface area contributed by atoms with E-state index in [1.54, 1.807) is 24.2 Å². The molecule has 0 unspecified atom stereocenters. The standard InChI is InChI=1S/C28H25N5OS/c34-19-22-8-2-6-12-26(22)35-25-11-5-1-7-21(25)18-31-28-32-24-10-4-3-9-23(24)27(33-28)30-17-20-13-15-29-16-14-20/h1-16,34H,17-19H2,(H2,30,31,32,33). The molecule has 0 saturated carbocycles. The molecule has 0 fully saturated rings. The number of benzene rings is 3. The van der Waals surface area contributed by atoms with Gasteiger partial charge in [-0.3, -0.25) is 4.98 Å². The summed E-state index contributed by atoms with van der Waals surface area (Å²) < 4.78 is 0. The van der Waals surface area contributed by atoms with E-state index in [-0.39, 0.29) is 6.61 Å². The lowest BCUT2D eigenvalue weighted by atomic mass is 10.2. The molecule has 7 heteroatoms. The Labute approximate surface area is 208 Å². The highest BCUT2D eigenvalue weighted by Gasteiger charge is 2.10. The largest absolute Gasteiger partial charge is 0.392 e. The minimum absolute atomic E-state index is 0.0176. The SMILES string of the molecule is OCc1ccccc1Sc1ccccc1CNc1nc(NCc2ccncc2)c2ccccc2n1. The Morgan fingerprint density at radius 2 is 1.37 bits per heavy atom. The van der Waals surface area contributed by atoms with Crippen molar-refractivity contribution in [1.82, 2.24) is 15.0 Å². The molecule has 6 nitrogen and oxygen atoms in total. The van der Waals surface area contributed by atoms with Gasteiger partial charge in [0.25, 0.3) is 0 Å². The molecular weight excluding hydrogens is 454 g/mol. The van der Waals surface area contributed by atoms with Gasteiger partial charge in [-0.2, -0.15) is 4.98 Å². The van der Waals surface area contributed by atoms with E-state index in [9.17, 15) is 5.11 Å². The third-order valence-electron chi connectivity index (χ3n) is 5.58. The molecular formula is C28H25N5OS. The van der Waals surface area contributed by atoms with Gasteiger partial charge in [-0.15, -0.1) is 0 Å². The molecule has 0 aliphatic carbocycles. The summed E-state index contributed by atoms with van der Waals surface area (Å²) in [5.74, 6) is 1.35. The molecule has 5 aromatic rings. The molecule has 174 valence electrons. The van der Waals surface area contributed by atoms with Gasteiger partial charge in [-0.25, -0.2) is 4.98 Å². The van der Waals surface area contributed by atoms with Crippen molar-refractivity contribution in [3.8, 4) is 0 Å². The van der Waals surface area contributed by atoms with Crippen molar-refractivity contribution in [2.24, 2.45) is 0 Å². The van der Waals surface area contributed by atoms with Crippen LogP contribution in [0.4, 0.5) is 11.8 Å². The number of nitrogens with zero attached hydrogens (tertiary/aromatic N) is 3. The minimum atomic E-state index is 0.0176. The summed E-state index contributed by atoms with van der Waals surface area (Å²) in [7, 11) is 0. The second-order valence-electron chi connectivity index (χ2n) is 7.95. The van der Waals surface area contributed by atoms with Crippen LogP contribution in [0.3, 0.4) is 0 Å². The first-order valence-corrected chi connectivity index (χ1v) is 12.2. The van der Waals surface area contributed by atoms with Gasteiger partial charge in [-0.1, -0.05) is 60.3 Å².